The smallest absolute Gasteiger partial charge is 0.134 e. The molecular weight excluding hydrogens is 241 g/mol. The lowest BCUT2D eigenvalue weighted by Gasteiger charge is -2.14. The van der Waals surface area contributed by atoms with Crippen LogP contribution in [0.1, 0.15) is 22.3 Å². The lowest BCUT2D eigenvalue weighted by atomic mass is 10.1. The van der Waals surface area contributed by atoms with E-state index < -0.39 is 0 Å². The van der Waals surface area contributed by atoms with Gasteiger partial charge < -0.3 is 10.5 Å². The molecule has 0 unspecified atom stereocenters. The SMILES string of the molecule is Cc1cc(C)c(C)c(Oc2cccc(F)c2CN)c1. The van der Waals surface area contributed by atoms with Crippen LogP contribution >= 0.6 is 0 Å². The van der Waals surface area contributed by atoms with E-state index in [9.17, 15) is 4.39 Å². The van der Waals surface area contributed by atoms with Crippen LogP contribution in [-0.4, -0.2) is 0 Å². The van der Waals surface area contributed by atoms with E-state index in [0.717, 1.165) is 22.4 Å². The standard InChI is InChI=1S/C16H18FNO/c1-10-7-11(2)12(3)16(8-10)19-15-6-4-5-14(17)13(15)9-18/h4-8H,9,18H2,1-3H3. The van der Waals surface area contributed by atoms with Gasteiger partial charge in [-0.05, 0) is 55.7 Å². The Morgan fingerprint density at radius 2 is 1.84 bits per heavy atom. The summed E-state index contributed by atoms with van der Waals surface area (Å²) in [5.74, 6) is 0.899. The number of halogens is 1. The molecule has 0 amide bonds. The molecule has 0 aliphatic rings. The molecule has 0 radical (unpaired) electrons. The molecule has 2 rings (SSSR count). The summed E-state index contributed by atoms with van der Waals surface area (Å²) in [6.45, 7) is 6.15. The van der Waals surface area contributed by atoms with Gasteiger partial charge in [-0.2, -0.15) is 0 Å². The highest BCUT2D eigenvalue weighted by Gasteiger charge is 2.11. The van der Waals surface area contributed by atoms with Gasteiger partial charge in [0, 0.05) is 12.1 Å². The molecule has 0 aliphatic carbocycles. The zero-order valence-electron chi connectivity index (χ0n) is 11.5. The summed E-state index contributed by atoms with van der Waals surface area (Å²) in [7, 11) is 0. The van der Waals surface area contributed by atoms with E-state index in [1.54, 1.807) is 12.1 Å². The van der Waals surface area contributed by atoms with E-state index in [1.807, 2.05) is 26.8 Å². The predicted octanol–water partition coefficient (Wildman–Crippen LogP) is 4.00. The highest BCUT2D eigenvalue weighted by Crippen LogP contribution is 2.31. The quantitative estimate of drug-likeness (QED) is 0.904. The Balaban J connectivity index is 2.45. The Bertz CT molecular complexity index is 608. The van der Waals surface area contributed by atoms with Gasteiger partial charge in [0.2, 0.25) is 0 Å². The summed E-state index contributed by atoms with van der Waals surface area (Å²) in [4.78, 5) is 0. The van der Waals surface area contributed by atoms with Gasteiger partial charge >= 0.3 is 0 Å². The van der Waals surface area contributed by atoms with Gasteiger partial charge in [-0.25, -0.2) is 4.39 Å². The van der Waals surface area contributed by atoms with Crippen LogP contribution in [0.2, 0.25) is 0 Å². The molecule has 2 aromatic rings. The van der Waals surface area contributed by atoms with Crippen molar-refractivity contribution >= 4 is 0 Å². The second-order valence-corrected chi connectivity index (χ2v) is 4.73. The highest BCUT2D eigenvalue weighted by atomic mass is 19.1. The fraction of sp³-hybridized carbons (Fsp3) is 0.250. The fourth-order valence-electron chi connectivity index (χ4n) is 2.06. The summed E-state index contributed by atoms with van der Waals surface area (Å²) in [6, 6.07) is 8.80. The summed E-state index contributed by atoms with van der Waals surface area (Å²) < 4.78 is 19.5. The predicted molar refractivity (Wildman–Crippen MR) is 75.0 cm³/mol. The molecule has 0 aromatic heterocycles. The van der Waals surface area contributed by atoms with Crippen molar-refractivity contribution in [2.24, 2.45) is 5.73 Å². The molecule has 2 nitrogen and oxygen atoms in total. The van der Waals surface area contributed by atoms with Crippen LogP contribution in [0.4, 0.5) is 4.39 Å². The minimum absolute atomic E-state index is 0.117. The molecular formula is C16H18FNO. The van der Waals surface area contributed by atoms with Crippen molar-refractivity contribution < 1.29 is 9.13 Å². The largest absolute Gasteiger partial charge is 0.457 e. The van der Waals surface area contributed by atoms with Gasteiger partial charge in [-0.1, -0.05) is 12.1 Å². The Labute approximate surface area is 113 Å². The molecule has 0 saturated carbocycles. The Morgan fingerprint density at radius 1 is 1.11 bits per heavy atom. The maximum atomic E-state index is 13.7. The zero-order chi connectivity index (χ0) is 14.0. The van der Waals surface area contributed by atoms with Crippen molar-refractivity contribution in [3.63, 3.8) is 0 Å². The third kappa shape index (κ3) is 2.76. The molecule has 0 atom stereocenters. The third-order valence-corrected chi connectivity index (χ3v) is 3.26. The monoisotopic (exact) mass is 259 g/mol. The average molecular weight is 259 g/mol. The lowest BCUT2D eigenvalue weighted by molar-refractivity contribution is 0.463. The van der Waals surface area contributed by atoms with Crippen molar-refractivity contribution in [1.29, 1.82) is 0 Å². The molecule has 2 N–H and O–H groups in total. The van der Waals surface area contributed by atoms with E-state index >= 15 is 0 Å². The number of hydrogen-bond donors (Lipinski definition) is 1. The second-order valence-electron chi connectivity index (χ2n) is 4.73. The molecule has 0 spiro atoms. The molecule has 3 heteroatoms. The summed E-state index contributed by atoms with van der Waals surface area (Å²) in [5.41, 5.74) is 9.31. The van der Waals surface area contributed by atoms with Gasteiger partial charge in [0.05, 0.1) is 0 Å². The Morgan fingerprint density at radius 3 is 2.53 bits per heavy atom. The summed E-state index contributed by atoms with van der Waals surface area (Å²) in [6.07, 6.45) is 0. The number of aryl methyl sites for hydroxylation is 2. The number of benzene rings is 2. The maximum absolute atomic E-state index is 13.7. The minimum Gasteiger partial charge on any atom is -0.457 e. The zero-order valence-corrected chi connectivity index (χ0v) is 11.5. The second kappa shape index (κ2) is 5.41. The molecule has 0 fully saturated rings. The van der Waals surface area contributed by atoms with Crippen molar-refractivity contribution in [3.05, 3.63) is 58.4 Å². The van der Waals surface area contributed by atoms with E-state index in [1.165, 1.54) is 6.07 Å². The first-order valence-electron chi connectivity index (χ1n) is 6.26. The first-order valence-corrected chi connectivity index (χ1v) is 6.26. The van der Waals surface area contributed by atoms with Crippen molar-refractivity contribution in [3.8, 4) is 11.5 Å². The molecule has 2 aromatic carbocycles. The first kappa shape index (κ1) is 13.6. The highest BCUT2D eigenvalue weighted by molar-refractivity contribution is 5.46. The molecule has 0 aliphatic heterocycles. The van der Waals surface area contributed by atoms with Crippen molar-refractivity contribution in [2.75, 3.05) is 0 Å². The molecule has 0 bridgehead atoms. The Kier molecular flexibility index (Phi) is 3.86. The maximum Gasteiger partial charge on any atom is 0.134 e. The number of hydrogen-bond acceptors (Lipinski definition) is 2. The van der Waals surface area contributed by atoms with Gasteiger partial charge in [0.15, 0.2) is 0 Å². The van der Waals surface area contributed by atoms with E-state index in [4.69, 9.17) is 10.5 Å². The normalized spacial score (nSPS) is 10.6. The fourth-order valence-corrected chi connectivity index (χ4v) is 2.06. The van der Waals surface area contributed by atoms with Gasteiger partial charge in [-0.15, -0.1) is 0 Å². The van der Waals surface area contributed by atoms with Gasteiger partial charge in [0.25, 0.3) is 0 Å². The number of rotatable bonds is 3. The van der Waals surface area contributed by atoms with Crippen LogP contribution in [-0.2, 0) is 6.54 Å². The molecule has 0 saturated heterocycles. The summed E-state index contributed by atoms with van der Waals surface area (Å²) >= 11 is 0. The molecule has 0 heterocycles. The van der Waals surface area contributed by atoms with Crippen LogP contribution in [0, 0.1) is 26.6 Å². The molecule has 100 valence electrons. The summed E-state index contributed by atoms with van der Waals surface area (Å²) in [5, 5.41) is 0. The van der Waals surface area contributed by atoms with E-state index in [2.05, 4.69) is 6.07 Å². The van der Waals surface area contributed by atoms with E-state index in [0.29, 0.717) is 11.3 Å². The van der Waals surface area contributed by atoms with Gasteiger partial charge in [0.1, 0.15) is 17.3 Å². The topological polar surface area (TPSA) is 35.2 Å². The lowest BCUT2D eigenvalue weighted by Crippen LogP contribution is -2.03. The van der Waals surface area contributed by atoms with E-state index in [-0.39, 0.29) is 12.4 Å². The van der Waals surface area contributed by atoms with Crippen LogP contribution in [0.25, 0.3) is 0 Å². The van der Waals surface area contributed by atoms with Crippen LogP contribution < -0.4 is 10.5 Å². The van der Waals surface area contributed by atoms with Crippen LogP contribution in [0.3, 0.4) is 0 Å². The van der Waals surface area contributed by atoms with Gasteiger partial charge in [-0.3, -0.25) is 0 Å². The van der Waals surface area contributed by atoms with Crippen molar-refractivity contribution in [1.82, 2.24) is 0 Å². The van der Waals surface area contributed by atoms with Crippen molar-refractivity contribution in [2.45, 2.75) is 27.3 Å². The number of nitrogens with two attached hydrogens (primary N) is 1. The Hall–Kier alpha value is -1.87. The number of ether oxygens (including phenoxy) is 1. The van der Waals surface area contributed by atoms with Crippen LogP contribution in [0.15, 0.2) is 30.3 Å². The minimum atomic E-state index is -0.331. The third-order valence-electron chi connectivity index (χ3n) is 3.26. The molecule has 19 heavy (non-hydrogen) atoms. The van der Waals surface area contributed by atoms with Crippen LogP contribution in [0.5, 0.6) is 11.5 Å². The first-order chi connectivity index (χ1) is 9.02. The average Bonchev–Trinajstić information content (AvgIpc) is 2.35.